The second-order valence-electron chi connectivity index (χ2n) is 6.60. The lowest BCUT2D eigenvalue weighted by atomic mass is 9.97. The van der Waals surface area contributed by atoms with Gasteiger partial charge in [0.05, 0.1) is 4.90 Å². The van der Waals surface area contributed by atoms with Crippen molar-refractivity contribution < 1.29 is 17.3 Å². The number of rotatable bonds is 4. The zero-order chi connectivity index (χ0) is 19.7. The Kier molecular flexibility index (Phi) is 5.31. The van der Waals surface area contributed by atoms with Crippen LogP contribution in [0.4, 0.5) is 4.39 Å². The summed E-state index contributed by atoms with van der Waals surface area (Å²) in [6, 6.07) is 12.5. The Bertz CT molecular complexity index is 1060. The summed E-state index contributed by atoms with van der Waals surface area (Å²) >= 11 is 3.31. The maximum Gasteiger partial charge on any atom is 0.257 e. The van der Waals surface area contributed by atoms with E-state index in [0.717, 1.165) is 4.47 Å². The first-order valence-electron chi connectivity index (χ1n) is 8.79. The molecule has 2 aromatic carbocycles. The van der Waals surface area contributed by atoms with Crippen LogP contribution >= 0.6 is 15.9 Å². The van der Waals surface area contributed by atoms with E-state index in [1.165, 1.54) is 16.4 Å². The maximum atomic E-state index is 13.1. The van der Waals surface area contributed by atoms with Crippen molar-refractivity contribution in [3.05, 3.63) is 64.6 Å². The van der Waals surface area contributed by atoms with E-state index in [4.69, 9.17) is 4.52 Å². The van der Waals surface area contributed by atoms with Crippen molar-refractivity contribution in [3.63, 3.8) is 0 Å². The van der Waals surface area contributed by atoms with E-state index in [0.29, 0.717) is 43.2 Å². The van der Waals surface area contributed by atoms with Crippen molar-refractivity contribution in [1.82, 2.24) is 14.4 Å². The zero-order valence-electron chi connectivity index (χ0n) is 14.8. The second kappa shape index (κ2) is 7.73. The highest BCUT2D eigenvalue weighted by Gasteiger charge is 2.31. The molecule has 0 aliphatic carbocycles. The van der Waals surface area contributed by atoms with Gasteiger partial charge in [-0.3, -0.25) is 0 Å². The lowest BCUT2D eigenvalue weighted by Crippen LogP contribution is -2.38. The molecule has 0 radical (unpaired) electrons. The van der Waals surface area contributed by atoms with Gasteiger partial charge in [-0.2, -0.15) is 9.29 Å². The summed E-state index contributed by atoms with van der Waals surface area (Å²) in [6.45, 7) is 0.785. The molecule has 1 fully saturated rings. The van der Waals surface area contributed by atoms with Crippen LogP contribution in [0.2, 0.25) is 0 Å². The summed E-state index contributed by atoms with van der Waals surface area (Å²) in [6.07, 6.45) is 1.22. The molecular formula is C19H17BrFN3O3S. The molecule has 9 heteroatoms. The fraction of sp³-hybridized carbons (Fsp3) is 0.263. The van der Waals surface area contributed by atoms with Crippen LogP contribution in [0.5, 0.6) is 0 Å². The number of benzene rings is 2. The number of sulfonamides is 1. The number of hydrogen-bond acceptors (Lipinski definition) is 5. The van der Waals surface area contributed by atoms with E-state index in [9.17, 15) is 12.8 Å². The lowest BCUT2D eigenvalue weighted by molar-refractivity contribution is 0.307. The number of piperidine rings is 1. The van der Waals surface area contributed by atoms with Gasteiger partial charge >= 0.3 is 0 Å². The monoisotopic (exact) mass is 465 g/mol. The number of hydrogen-bond donors (Lipinski definition) is 0. The Labute approximate surface area is 170 Å². The van der Waals surface area contributed by atoms with Gasteiger partial charge in [0.2, 0.25) is 10.0 Å². The highest BCUT2D eigenvalue weighted by molar-refractivity contribution is 9.10. The quantitative estimate of drug-likeness (QED) is 0.576. The van der Waals surface area contributed by atoms with E-state index in [1.807, 2.05) is 0 Å². The summed E-state index contributed by atoms with van der Waals surface area (Å²) in [4.78, 5) is 4.70. The molecule has 6 nitrogen and oxygen atoms in total. The van der Waals surface area contributed by atoms with Crippen molar-refractivity contribution in [2.45, 2.75) is 23.7 Å². The molecule has 0 spiro atoms. The molecule has 1 saturated heterocycles. The van der Waals surface area contributed by atoms with Gasteiger partial charge in [-0.1, -0.05) is 21.1 Å². The van der Waals surface area contributed by atoms with Crippen molar-refractivity contribution in [3.8, 4) is 11.5 Å². The standard InChI is InChI=1S/C19H17BrFN3O3S/c20-15-3-7-17(8-4-15)28(25,26)24-11-9-13(10-12-24)18-22-19(27-23-18)14-1-5-16(21)6-2-14/h1-8,13H,9-12H2. The van der Waals surface area contributed by atoms with Gasteiger partial charge in [-0.25, -0.2) is 12.8 Å². The number of aromatic nitrogens is 2. The van der Waals surface area contributed by atoms with Gasteiger partial charge in [0.15, 0.2) is 5.82 Å². The largest absolute Gasteiger partial charge is 0.334 e. The number of nitrogens with zero attached hydrogens (tertiary/aromatic N) is 3. The molecule has 146 valence electrons. The first-order chi connectivity index (χ1) is 13.4. The summed E-state index contributed by atoms with van der Waals surface area (Å²) in [7, 11) is -3.51. The minimum atomic E-state index is -3.51. The van der Waals surface area contributed by atoms with E-state index in [-0.39, 0.29) is 16.6 Å². The molecule has 2 heterocycles. The second-order valence-corrected chi connectivity index (χ2v) is 9.45. The van der Waals surface area contributed by atoms with Crippen LogP contribution in [0, 0.1) is 5.82 Å². The summed E-state index contributed by atoms with van der Waals surface area (Å²) < 4.78 is 46.3. The third kappa shape index (κ3) is 3.87. The van der Waals surface area contributed by atoms with Gasteiger partial charge in [-0.15, -0.1) is 0 Å². The van der Waals surface area contributed by atoms with Gasteiger partial charge in [-0.05, 0) is 61.4 Å². The molecule has 0 N–H and O–H groups in total. The molecule has 0 saturated carbocycles. The SMILES string of the molecule is O=S(=O)(c1ccc(Br)cc1)N1CCC(c2noc(-c3ccc(F)cc3)n2)CC1. The first kappa shape index (κ1) is 19.2. The molecule has 0 bridgehead atoms. The minimum absolute atomic E-state index is 0.0225. The molecule has 1 aliphatic heterocycles. The highest BCUT2D eigenvalue weighted by atomic mass is 79.9. The van der Waals surface area contributed by atoms with E-state index in [1.54, 1.807) is 36.4 Å². The Balaban J connectivity index is 1.44. The van der Waals surface area contributed by atoms with Gasteiger partial charge in [0, 0.05) is 29.0 Å². The van der Waals surface area contributed by atoms with Crippen molar-refractivity contribution >= 4 is 26.0 Å². The molecular weight excluding hydrogens is 449 g/mol. The molecule has 0 atom stereocenters. The van der Waals surface area contributed by atoms with Crippen LogP contribution in [0.25, 0.3) is 11.5 Å². The highest BCUT2D eigenvalue weighted by Crippen LogP contribution is 2.31. The van der Waals surface area contributed by atoms with Crippen LogP contribution in [-0.2, 0) is 10.0 Å². The summed E-state index contributed by atoms with van der Waals surface area (Å²) in [5, 5.41) is 4.04. The Morgan fingerprint density at radius 3 is 2.32 bits per heavy atom. The molecule has 4 rings (SSSR count). The average Bonchev–Trinajstić information content (AvgIpc) is 3.19. The van der Waals surface area contributed by atoms with Crippen LogP contribution in [0.15, 0.2) is 62.4 Å². The van der Waals surface area contributed by atoms with Gasteiger partial charge in [0.25, 0.3) is 5.89 Å². The third-order valence-corrected chi connectivity index (χ3v) is 7.24. The normalized spacial score (nSPS) is 16.4. The van der Waals surface area contributed by atoms with E-state index >= 15 is 0 Å². The fourth-order valence-electron chi connectivity index (χ4n) is 3.22. The number of halogens is 2. The first-order valence-corrected chi connectivity index (χ1v) is 11.0. The van der Waals surface area contributed by atoms with Crippen LogP contribution in [0.3, 0.4) is 0 Å². The van der Waals surface area contributed by atoms with E-state index in [2.05, 4.69) is 26.1 Å². The smallest absolute Gasteiger partial charge is 0.257 e. The molecule has 1 aliphatic rings. The van der Waals surface area contributed by atoms with Crippen molar-refractivity contribution in [2.75, 3.05) is 13.1 Å². The van der Waals surface area contributed by atoms with Crippen molar-refractivity contribution in [1.29, 1.82) is 0 Å². The topological polar surface area (TPSA) is 76.3 Å². The molecule has 1 aromatic heterocycles. The van der Waals surface area contributed by atoms with E-state index < -0.39 is 10.0 Å². The van der Waals surface area contributed by atoms with Crippen LogP contribution in [0.1, 0.15) is 24.6 Å². The van der Waals surface area contributed by atoms with Gasteiger partial charge in [0.1, 0.15) is 5.82 Å². The summed E-state index contributed by atoms with van der Waals surface area (Å²) in [5.41, 5.74) is 0.649. The third-order valence-electron chi connectivity index (χ3n) is 4.80. The average molecular weight is 466 g/mol. The molecule has 3 aromatic rings. The van der Waals surface area contributed by atoms with Gasteiger partial charge < -0.3 is 4.52 Å². The summed E-state index contributed by atoms with van der Waals surface area (Å²) in [5.74, 6) is 0.581. The molecule has 0 amide bonds. The zero-order valence-corrected chi connectivity index (χ0v) is 17.2. The lowest BCUT2D eigenvalue weighted by Gasteiger charge is -2.29. The predicted molar refractivity (Wildman–Crippen MR) is 105 cm³/mol. The van der Waals surface area contributed by atoms with Crippen LogP contribution < -0.4 is 0 Å². The Morgan fingerprint density at radius 2 is 1.68 bits per heavy atom. The fourth-order valence-corrected chi connectivity index (χ4v) is 4.95. The van der Waals surface area contributed by atoms with Crippen LogP contribution in [-0.4, -0.2) is 36.0 Å². The van der Waals surface area contributed by atoms with Crippen molar-refractivity contribution in [2.24, 2.45) is 0 Å². The maximum absolute atomic E-state index is 13.1. The predicted octanol–water partition coefficient (Wildman–Crippen LogP) is 4.21. The minimum Gasteiger partial charge on any atom is -0.334 e. The Morgan fingerprint density at radius 1 is 1.04 bits per heavy atom. The Hall–Kier alpha value is -2.10. The molecule has 28 heavy (non-hydrogen) atoms. The molecule has 0 unspecified atom stereocenters.